The van der Waals surface area contributed by atoms with Gasteiger partial charge in [0.05, 0.1) is 10.7 Å². The van der Waals surface area contributed by atoms with Crippen LogP contribution in [0.15, 0.2) is 4.21 Å². The zero-order valence-electron chi connectivity index (χ0n) is 10.5. The smallest absolute Gasteiger partial charge is 0.318 e. The van der Waals surface area contributed by atoms with E-state index in [1.807, 2.05) is 0 Å². The molecule has 0 fully saturated rings. The second kappa shape index (κ2) is 5.77. The Bertz CT molecular complexity index is 536. The molecule has 0 saturated heterocycles. The molecule has 0 atom stereocenters. The van der Waals surface area contributed by atoms with Crippen LogP contribution in [0.3, 0.4) is 0 Å². The number of nitrogens with zero attached hydrogens (tertiary/aromatic N) is 2. The molecule has 1 rings (SSSR count). The first-order valence-corrected chi connectivity index (χ1v) is 7.70. The number of aliphatic carboxylic acids is 1. The van der Waals surface area contributed by atoms with Gasteiger partial charge in [-0.25, -0.2) is 13.4 Å². The van der Waals surface area contributed by atoms with E-state index in [-0.39, 0.29) is 10.8 Å². The van der Waals surface area contributed by atoms with Crippen LogP contribution < -0.4 is 0 Å². The average Bonchev–Trinajstić information content (AvgIpc) is 2.57. The largest absolute Gasteiger partial charge is 0.480 e. The van der Waals surface area contributed by atoms with Crippen molar-refractivity contribution < 1.29 is 18.3 Å². The summed E-state index contributed by atoms with van der Waals surface area (Å²) in [5, 5.41) is 9.43. The van der Waals surface area contributed by atoms with E-state index in [4.69, 9.17) is 5.11 Å². The first-order valence-electron chi connectivity index (χ1n) is 5.45. The lowest BCUT2D eigenvalue weighted by molar-refractivity contribution is -0.137. The third-order valence-corrected chi connectivity index (χ3v) is 5.72. The van der Waals surface area contributed by atoms with E-state index < -0.39 is 22.5 Å². The Morgan fingerprint density at radius 1 is 1.44 bits per heavy atom. The standard InChI is InChI=1S/C10H16N2O4S2/c1-4-5-12(6-9(13)14)18(15,16)10-7(2)11-8(3)17-10/h4-6H2,1-3H3,(H,13,14). The fraction of sp³-hybridized carbons (Fsp3) is 0.600. The van der Waals surface area contributed by atoms with Crippen LogP contribution >= 0.6 is 11.3 Å². The molecule has 0 aliphatic rings. The van der Waals surface area contributed by atoms with Crippen LogP contribution in [-0.2, 0) is 14.8 Å². The maximum absolute atomic E-state index is 12.3. The van der Waals surface area contributed by atoms with Gasteiger partial charge in [-0.3, -0.25) is 4.79 Å². The Hall–Kier alpha value is -0.990. The molecule has 1 aromatic heterocycles. The first-order chi connectivity index (χ1) is 8.28. The predicted molar refractivity (Wildman–Crippen MR) is 68.3 cm³/mol. The average molecular weight is 292 g/mol. The van der Waals surface area contributed by atoms with Crippen molar-refractivity contribution in [2.75, 3.05) is 13.1 Å². The molecule has 1 heterocycles. The number of aromatic nitrogens is 1. The van der Waals surface area contributed by atoms with Crippen LogP contribution in [0.1, 0.15) is 24.0 Å². The summed E-state index contributed by atoms with van der Waals surface area (Å²) in [4.78, 5) is 14.8. The van der Waals surface area contributed by atoms with Crippen molar-refractivity contribution in [3.8, 4) is 0 Å². The molecule has 0 radical (unpaired) electrons. The lowest BCUT2D eigenvalue weighted by atomic mass is 10.5. The van der Waals surface area contributed by atoms with Crippen molar-refractivity contribution in [2.45, 2.75) is 31.4 Å². The van der Waals surface area contributed by atoms with Crippen LogP contribution in [0.4, 0.5) is 0 Å². The van der Waals surface area contributed by atoms with E-state index in [0.717, 1.165) is 15.6 Å². The number of hydrogen-bond acceptors (Lipinski definition) is 5. The fourth-order valence-electron chi connectivity index (χ4n) is 1.55. The molecule has 102 valence electrons. The van der Waals surface area contributed by atoms with E-state index in [9.17, 15) is 13.2 Å². The van der Waals surface area contributed by atoms with Gasteiger partial charge in [-0.15, -0.1) is 11.3 Å². The van der Waals surface area contributed by atoms with Gasteiger partial charge in [-0.1, -0.05) is 6.92 Å². The molecule has 18 heavy (non-hydrogen) atoms. The third kappa shape index (κ3) is 3.27. The summed E-state index contributed by atoms with van der Waals surface area (Å²) in [6, 6.07) is 0. The van der Waals surface area contributed by atoms with Crippen molar-refractivity contribution in [2.24, 2.45) is 0 Å². The molecule has 0 saturated carbocycles. The summed E-state index contributed by atoms with van der Waals surface area (Å²) in [5.41, 5.74) is 0.420. The molecule has 6 nitrogen and oxygen atoms in total. The lowest BCUT2D eigenvalue weighted by Crippen LogP contribution is -2.36. The van der Waals surface area contributed by atoms with E-state index in [1.54, 1.807) is 20.8 Å². The highest BCUT2D eigenvalue weighted by Gasteiger charge is 2.29. The minimum absolute atomic E-state index is 0.134. The van der Waals surface area contributed by atoms with Crippen LogP contribution in [0, 0.1) is 13.8 Å². The number of carboxylic acids is 1. The molecule has 0 bridgehead atoms. The Morgan fingerprint density at radius 3 is 2.44 bits per heavy atom. The number of aryl methyl sites for hydroxylation is 2. The highest BCUT2D eigenvalue weighted by molar-refractivity contribution is 7.91. The quantitative estimate of drug-likeness (QED) is 0.852. The summed E-state index contributed by atoms with van der Waals surface area (Å²) in [6.45, 7) is 4.80. The predicted octanol–water partition coefficient (Wildman–Crippen LogP) is 1.25. The van der Waals surface area contributed by atoms with Gasteiger partial charge in [0.1, 0.15) is 6.54 Å². The highest BCUT2D eigenvalue weighted by atomic mass is 32.2. The molecule has 0 unspecified atom stereocenters. The summed E-state index contributed by atoms with van der Waals surface area (Å²) < 4.78 is 25.8. The van der Waals surface area contributed by atoms with Crippen molar-refractivity contribution in [1.82, 2.24) is 9.29 Å². The summed E-state index contributed by atoms with van der Waals surface area (Å²) in [6.07, 6.45) is 0.559. The normalized spacial score (nSPS) is 12.0. The molecule has 1 N–H and O–H groups in total. The van der Waals surface area contributed by atoms with Crippen molar-refractivity contribution in [1.29, 1.82) is 0 Å². The molecular weight excluding hydrogens is 276 g/mol. The summed E-state index contributed by atoms with van der Waals surface area (Å²) >= 11 is 1.07. The number of carboxylic acid groups (broad SMARTS) is 1. The zero-order valence-corrected chi connectivity index (χ0v) is 12.1. The third-order valence-electron chi connectivity index (χ3n) is 2.22. The van der Waals surface area contributed by atoms with Crippen molar-refractivity contribution in [3.63, 3.8) is 0 Å². The van der Waals surface area contributed by atoms with Gasteiger partial charge in [-0.05, 0) is 20.3 Å². The van der Waals surface area contributed by atoms with Crippen molar-refractivity contribution >= 4 is 27.3 Å². The Balaban J connectivity index is 3.16. The minimum atomic E-state index is -3.76. The van der Waals surface area contributed by atoms with Crippen LogP contribution in [0.5, 0.6) is 0 Å². The summed E-state index contributed by atoms with van der Waals surface area (Å²) in [5.74, 6) is -1.16. The Labute approximate surface area is 110 Å². The maximum atomic E-state index is 12.3. The Kier molecular flexibility index (Phi) is 4.83. The molecule has 1 aromatic rings. The van der Waals surface area contributed by atoms with E-state index >= 15 is 0 Å². The number of rotatable bonds is 6. The zero-order chi connectivity index (χ0) is 13.9. The Morgan fingerprint density at radius 2 is 2.06 bits per heavy atom. The SMILES string of the molecule is CCCN(CC(=O)O)S(=O)(=O)c1sc(C)nc1C. The number of hydrogen-bond donors (Lipinski definition) is 1. The molecule has 8 heteroatoms. The topological polar surface area (TPSA) is 87.6 Å². The van der Waals surface area contributed by atoms with Gasteiger partial charge in [-0.2, -0.15) is 4.31 Å². The molecule has 0 amide bonds. The minimum Gasteiger partial charge on any atom is -0.480 e. The lowest BCUT2D eigenvalue weighted by Gasteiger charge is -2.18. The monoisotopic (exact) mass is 292 g/mol. The van der Waals surface area contributed by atoms with E-state index in [1.165, 1.54) is 0 Å². The molecular formula is C10H16N2O4S2. The van der Waals surface area contributed by atoms with Gasteiger partial charge in [0.2, 0.25) is 0 Å². The van der Waals surface area contributed by atoms with E-state index in [2.05, 4.69) is 4.98 Å². The van der Waals surface area contributed by atoms with E-state index in [0.29, 0.717) is 17.1 Å². The van der Waals surface area contributed by atoms with Gasteiger partial charge >= 0.3 is 5.97 Å². The number of thiazole rings is 1. The summed E-state index contributed by atoms with van der Waals surface area (Å²) in [7, 11) is -3.76. The molecule has 0 spiro atoms. The first kappa shape index (κ1) is 15.1. The fourth-order valence-corrected chi connectivity index (χ4v) is 4.65. The second-order valence-corrected chi connectivity index (χ2v) is 7.17. The molecule has 0 aliphatic heterocycles. The highest BCUT2D eigenvalue weighted by Crippen LogP contribution is 2.26. The number of sulfonamides is 1. The molecule has 0 aromatic carbocycles. The molecule has 0 aliphatic carbocycles. The second-order valence-electron chi connectivity index (χ2n) is 3.84. The van der Waals surface area contributed by atoms with Gasteiger partial charge < -0.3 is 5.11 Å². The van der Waals surface area contributed by atoms with Crippen molar-refractivity contribution in [3.05, 3.63) is 10.7 Å². The number of carbonyl (C=O) groups is 1. The van der Waals surface area contributed by atoms with Gasteiger partial charge in [0.15, 0.2) is 4.21 Å². The maximum Gasteiger partial charge on any atom is 0.318 e. The van der Waals surface area contributed by atoms with Gasteiger partial charge in [0.25, 0.3) is 10.0 Å². The van der Waals surface area contributed by atoms with Crippen LogP contribution in [0.25, 0.3) is 0 Å². The van der Waals surface area contributed by atoms with Crippen LogP contribution in [-0.4, -0.2) is 41.9 Å². The van der Waals surface area contributed by atoms with Crippen LogP contribution in [0.2, 0.25) is 0 Å². The van der Waals surface area contributed by atoms with Gasteiger partial charge in [0, 0.05) is 6.54 Å².